The van der Waals surface area contributed by atoms with Crippen LogP contribution < -0.4 is 4.90 Å². The minimum absolute atomic E-state index is 0.163. The van der Waals surface area contributed by atoms with Gasteiger partial charge in [-0.3, -0.25) is 0 Å². The van der Waals surface area contributed by atoms with Crippen molar-refractivity contribution in [2.45, 2.75) is 108 Å². The second-order valence-electron chi connectivity index (χ2n) is 20.9. The van der Waals surface area contributed by atoms with Crippen LogP contribution in [0.1, 0.15) is 136 Å². The van der Waals surface area contributed by atoms with Crippen molar-refractivity contribution in [2.24, 2.45) is 11.8 Å². The predicted molar refractivity (Wildman–Crippen MR) is 336 cm³/mol. The van der Waals surface area contributed by atoms with Crippen LogP contribution in [-0.4, -0.2) is 0 Å². The number of rotatable bonds is 12. The van der Waals surface area contributed by atoms with Crippen molar-refractivity contribution in [1.82, 2.24) is 0 Å². The van der Waals surface area contributed by atoms with Crippen LogP contribution in [0.25, 0.3) is 51.3 Å². The van der Waals surface area contributed by atoms with Crippen LogP contribution in [0, 0.1) is 39.5 Å². The highest BCUT2D eigenvalue weighted by Crippen LogP contribution is 2.54. The summed E-state index contributed by atoms with van der Waals surface area (Å²) in [5.41, 5.74) is 25.6. The molecule has 0 radical (unpaired) electrons. The summed E-state index contributed by atoms with van der Waals surface area (Å²) in [5.74, 6) is 1.13. The zero-order valence-corrected chi connectivity index (χ0v) is 47.7. The second-order valence-corrected chi connectivity index (χ2v) is 20.9. The molecule has 0 saturated carbocycles. The number of allylic oxidation sites excluding steroid dienone is 8. The van der Waals surface area contributed by atoms with Crippen LogP contribution in [0.2, 0.25) is 0 Å². The summed E-state index contributed by atoms with van der Waals surface area (Å²) in [6.45, 7) is 45.4. The Kier molecular flexibility index (Phi) is 19.4. The van der Waals surface area contributed by atoms with E-state index in [1.54, 1.807) is 11.1 Å². The maximum absolute atomic E-state index is 4.26. The van der Waals surface area contributed by atoms with E-state index in [0.717, 1.165) is 33.6 Å². The monoisotopic (exact) mass is 986 g/mol. The molecular formula is C74H83N. The minimum atomic E-state index is -0.163. The number of fused-ring (bicyclic) bond motifs is 4. The van der Waals surface area contributed by atoms with Crippen molar-refractivity contribution < 1.29 is 0 Å². The molecule has 0 spiro atoms. The average molecular weight is 986 g/mol. The summed E-state index contributed by atoms with van der Waals surface area (Å²) in [7, 11) is 0. The molecule has 0 amide bonds. The number of anilines is 2. The zero-order chi connectivity index (χ0) is 54.6. The fourth-order valence-electron chi connectivity index (χ4n) is 11.0. The normalized spacial score (nSPS) is 13.5. The van der Waals surface area contributed by atoms with Crippen LogP contribution in [0.15, 0.2) is 207 Å². The maximum Gasteiger partial charge on any atom is 0.0543 e. The highest BCUT2D eigenvalue weighted by molar-refractivity contribution is 6.01. The highest BCUT2D eigenvalue weighted by Gasteiger charge is 2.39. The van der Waals surface area contributed by atoms with Gasteiger partial charge in [-0.25, -0.2) is 0 Å². The molecule has 0 bridgehead atoms. The van der Waals surface area contributed by atoms with Gasteiger partial charge in [-0.1, -0.05) is 256 Å². The van der Waals surface area contributed by atoms with Gasteiger partial charge in [0.25, 0.3) is 0 Å². The quantitative estimate of drug-likeness (QED) is 0.0871. The third kappa shape index (κ3) is 12.4. The molecule has 75 heavy (non-hydrogen) atoms. The number of benzene rings is 7. The standard InChI is InChI=1S/C36H33N.C19H22.C17H22.C2H6/c1-8-15-26(9-2)37(33-19-14-17-25-16-12-13-18-29(25)33)34-23-32-35(28(11-4)27(34)10-3)30-21-20-24(5)22-31(30)36(32,6)7;1-14(2)19(17-11-9-15(3)10-12-17)13-18-8-6-5-7-16(18)4;1-12(2)17-14(4)9-7-11-16(17)15-10-6-5-8-13(15)3;1-2/h8-23H,1-4H2,5-7H3;5-14H,1-4H3;5-6,8-10,12H,7,11H2,1-4H3;1-2H3/b26-15+;19-13+;;. The molecule has 9 rings (SSSR count). The van der Waals surface area contributed by atoms with E-state index in [1.165, 1.54) is 90.6 Å². The lowest BCUT2D eigenvalue weighted by Crippen LogP contribution is -2.20. The van der Waals surface area contributed by atoms with Crippen molar-refractivity contribution in [3.63, 3.8) is 0 Å². The van der Waals surface area contributed by atoms with Gasteiger partial charge in [0.05, 0.1) is 11.4 Å². The fraction of sp³-hybridized carbons (Fsp3) is 0.243. The van der Waals surface area contributed by atoms with Crippen LogP contribution in [-0.2, 0) is 5.41 Å². The van der Waals surface area contributed by atoms with E-state index in [1.807, 2.05) is 44.2 Å². The Morgan fingerprint density at radius 1 is 0.613 bits per heavy atom. The second kappa shape index (κ2) is 25.6. The molecule has 7 aromatic carbocycles. The summed E-state index contributed by atoms with van der Waals surface area (Å²) < 4.78 is 0. The lowest BCUT2D eigenvalue weighted by atomic mass is 9.80. The Hall–Kier alpha value is -7.48. The van der Waals surface area contributed by atoms with E-state index in [4.69, 9.17) is 0 Å². The third-order valence-electron chi connectivity index (χ3n) is 14.7. The molecule has 1 heteroatoms. The molecule has 0 saturated heterocycles. The molecule has 0 fully saturated rings. The van der Waals surface area contributed by atoms with Crippen molar-refractivity contribution in [3.8, 4) is 11.1 Å². The molecule has 0 unspecified atom stereocenters. The predicted octanol–water partition coefficient (Wildman–Crippen LogP) is 21.8. The van der Waals surface area contributed by atoms with Gasteiger partial charge in [-0.2, -0.15) is 0 Å². The molecule has 2 aliphatic rings. The lowest BCUT2D eigenvalue weighted by Gasteiger charge is -2.32. The first-order valence-corrected chi connectivity index (χ1v) is 27.2. The van der Waals surface area contributed by atoms with Gasteiger partial charge >= 0.3 is 0 Å². The summed E-state index contributed by atoms with van der Waals surface area (Å²) >= 11 is 0. The minimum Gasteiger partial charge on any atom is -0.309 e. The van der Waals surface area contributed by atoms with Gasteiger partial charge in [0.2, 0.25) is 0 Å². The Morgan fingerprint density at radius 2 is 1.24 bits per heavy atom. The number of nitrogens with zero attached hydrogens (tertiary/aromatic N) is 1. The van der Waals surface area contributed by atoms with Gasteiger partial charge in [-0.05, 0) is 161 Å². The van der Waals surface area contributed by atoms with Crippen LogP contribution in [0.5, 0.6) is 0 Å². The van der Waals surface area contributed by atoms with E-state index in [0.29, 0.717) is 11.8 Å². The summed E-state index contributed by atoms with van der Waals surface area (Å²) in [5, 5.41) is 2.34. The summed E-state index contributed by atoms with van der Waals surface area (Å²) in [4.78, 5) is 2.28. The summed E-state index contributed by atoms with van der Waals surface area (Å²) in [6, 6.07) is 50.2. The number of aryl methyl sites for hydroxylation is 4. The Labute approximate surface area is 453 Å². The Morgan fingerprint density at radius 3 is 1.87 bits per heavy atom. The van der Waals surface area contributed by atoms with Gasteiger partial charge in [0, 0.05) is 22.1 Å². The van der Waals surface area contributed by atoms with E-state index in [-0.39, 0.29) is 5.41 Å². The third-order valence-corrected chi connectivity index (χ3v) is 14.7. The largest absolute Gasteiger partial charge is 0.309 e. The molecule has 7 aromatic rings. The first kappa shape index (κ1) is 56.8. The van der Waals surface area contributed by atoms with E-state index >= 15 is 0 Å². The van der Waals surface area contributed by atoms with Crippen molar-refractivity contribution >= 4 is 51.5 Å². The number of hydrogen-bond acceptors (Lipinski definition) is 1. The molecule has 0 aromatic heterocycles. The summed E-state index contributed by atoms with van der Waals surface area (Å²) in [6.07, 6.45) is 16.7. The fourth-order valence-corrected chi connectivity index (χ4v) is 11.0. The molecular weight excluding hydrogens is 903 g/mol. The number of hydrogen-bond donors (Lipinski definition) is 0. The molecule has 0 aliphatic heterocycles. The van der Waals surface area contributed by atoms with Gasteiger partial charge in [0.15, 0.2) is 0 Å². The van der Waals surface area contributed by atoms with Crippen LogP contribution >= 0.6 is 0 Å². The molecule has 1 nitrogen and oxygen atoms in total. The molecule has 0 heterocycles. The van der Waals surface area contributed by atoms with Crippen molar-refractivity contribution in [2.75, 3.05) is 4.90 Å². The van der Waals surface area contributed by atoms with Gasteiger partial charge < -0.3 is 4.90 Å². The molecule has 384 valence electrons. The zero-order valence-electron chi connectivity index (χ0n) is 47.7. The van der Waals surface area contributed by atoms with Crippen molar-refractivity contribution in [3.05, 3.63) is 268 Å². The average Bonchev–Trinajstić information content (AvgIpc) is 3.67. The molecule has 2 aliphatic carbocycles. The smallest absolute Gasteiger partial charge is 0.0543 e. The Bertz CT molecular complexity index is 3310. The molecule has 0 atom stereocenters. The maximum atomic E-state index is 4.26. The van der Waals surface area contributed by atoms with E-state index in [9.17, 15) is 0 Å². The van der Waals surface area contributed by atoms with Gasteiger partial charge in [0.1, 0.15) is 0 Å². The van der Waals surface area contributed by atoms with E-state index < -0.39 is 0 Å². The SMILES string of the molecule is C=C/C=C(\C=C)N(c1cc2c(c(C=C)c1C=C)-c1ccc(C)cc1C2(C)C)c1cccc2ccccc12.CC.CC1=CCCC(c2ccccc2C)=C1C(C)C.Cc1ccc(/C(=C/c2ccccc2C)C(C)C)cc1. The highest BCUT2D eigenvalue weighted by atomic mass is 15.2. The first-order valence-electron chi connectivity index (χ1n) is 27.2. The van der Waals surface area contributed by atoms with Gasteiger partial charge in [-0.15, -0.1) is 0 Å². The topological polar surface area (TPSA) is 3.24 Å². The first-order chi connectivity index (χ1) is 36.0. The Balaban J connectivity index is 0.000000201. The van der Waals surface area contributed by atoms with Crippen molar-refractivity contribution in [1.29, 1.82) is 0 Å². The van der Waals surface area contributed by atoms with E-state index in [2.05, 4.69) is 259 Å². The van der Waals surface area contributed by atoms with Crippen LogP contribution in [0.3, 0.4) is 0 Å². The lowest BCUT2D eigenvalue weighted by molar-refractivity contribution is 0.659. The molecule has 0 N–H and O–H groups in total. The van der Waals surface area contributed by atoms with Crippen LogP contribution in [0.4, 0.5) is 11.4 Å².